The summed E-state index contributed by atoms with van der Waals surface area (Å²) in [7, 11) is 3.40. The molecule has 1 aliphatic heterocycles. The Morgan fingerprint density at radius 2 is 1.86 bits per heavy atom. The first-order chi connectivity index (χ1) is 10.0. The number of nitrogens with one attached hydrogen (secondary N) is 1. The number of hydrogen-bond acceptors (Lipinski definition) is 4. The molecule has 1 heterocycles. The molecule has 0 spiro atoms. The fourth-order valence-corrected chi connectivity index (χ4v) is 2.71. The lowest BCUT2D eigenvalue weighted by molar-refractivity contribution is -0.00461. The third-order valence-electron chi connectivity index (χ3n) is 3.90. The molecule has 5 heteroatoms. The van der Waals surface area contributed by atoms with Gasteiger partial charge in [0.25, 0.3) is 0 Å². The average molecular weight is 296 g/mol. The van der Waals surface area contributed by atoms with Crippen LogP contribution in [0, 0.1) is 5.82 Å². The van der Waals surface area contributed by atoms with E-state index in [0.29, 0.717) is 12.6 Å². The zero-order valence-electron chi connectivity index (χ0n) is 13.2. The summed E-state index contributed by atoms with van der Waals surface area (Å²) in [6.07, 6.45) is 0.0944. The van der Waals surface area contributed by atoms with Crippen molar-refractivity contribution in [2.45, 2.75) is 38.6 Å². The van der Waals surface area contributed by atoms with E-state index >= 15 is 0 Å². The minimum absolute atomic E-state index is 0.0472. The molecule has 0 amide bonds. The van der Waals surface area contributed by atoms with Gasteiger partial charge in [-0.15, -0.1) is 0 Å². The van der Waals surface area contributed by atoms with Crippen LogP contribution in [-0.2, 0) is 16.0 Å². The first-order valence-electron chi connectivity index (χ1n) is 7.37. The van der Waals surface area contributed by atoms with Gasteiger partial charge in [0, 0.05) is 45.6 Å². The monoisotopic (exact) mass is 296 g/mol. The van der Waals surface area contributed by atoms with Crippen molar-refractivity contribution in [3.8, 4) is 0 Å². The van der Waals surface area contributed by atoms with Gasteiger partial charge in [0.2, 0.25) is 0 Å². The van der Waals surface area contributed by atoms with E-state index in [4.69, 9.17) is 9.47 Å². The summed E-state index contributed by atoms with van der Waals surface area (Å²) < 4.78 is 24.5. The number of benzene rings is 1. The number of nitrogens with zero attached hydrogens (tertiary/aromatic N) is 1. The molecule has 0 bridgehead atoms. The van der Waals surface area contributed by atoms with Crippen LogP contribution in [0.3, 0.4) is 0 Å². The standard InChI is InChI=1S/C16H25FN2O2/c1-11(2)18-8-12-7-13(17)5-6-14(12)19-9-15(20-3)16(10-19)21-4/h5-7,11,15-16,18H,8-10H2,1-4H3. The third-order valence-corrected chi connectivity index (χ3v) is 3.90. The van der Waals surface area contributed by atoms with Crippen molar-refractivity contribution >= 4 is 5.69 Å². The molecular formula is C16H25FN2O2. The Morgan fingerprint density at radius 3 is 2.38 bits per heavy atom. The number of ether oxygens (including phenoxy) is 2. The molecule has 2 unspecified atom stereocenters. The Hall–Kier alpha value is -1.17. The second-order valence-corrected chi connectivity index (χ2v) is 5.76. The first-order valence-corrected chi connectivity index (χ1v) is 7.37. The molecule has 2 atom stereocenters. The lowest BCUT2D eigenvalue weighted by atomic mass is 10.1. The van der Waals surface area contributed by atoms with E-state index in [1.165, 1.54) is 6.07 Å². The summed E-state index contributed by atoms with van der Waals surface area (Å²) in [5.41, 5.74) is 2.02. The third kappa shape index (κ3) is 3.93. The maximum Gasteiger partial charge on any atom is 0.123 e. The van der Waals surface area contributed by atoms with Crippen LogP contribution in [0.4, 0.5) is 10.1 Å². The lowest BCUT2D eigenvalue weighted by Crippen LogP contribution is -2.27. The van der Waals surface area contributed by atoms with Gasteiger partial charge >= 0.3 is 0 Å². The zero-order chi connectivity index (χ0) is 15.4. The van der Waals surface area contributed by atoms with Gasteiger partial charge in [0.1, 0.15) is 18.0 Å². The molecule has 1 saturated heterocycles. The highest BCUT2D eigenvalue weighted by molar-refractivity contribution is 5.55. The molecule has 21 heavy (non-hydrogen) atoms. The Morgan fingerprint density at radius 1 is 1.24 bits per heavy atom. The molecule has 0 aliphatic carbocycles. The predicted octanol–water partition coefficient (Wildman–Crippen LogP) is 2.17. The molecule has 4 nitrogen and oxygen atoms in total. The van der Waals surface area contributed by atoms with Crippen molar-refractivity contribution < 1.29 is 13.9 Å². The summed E-state index contributed by atoms with van der Waals surface area (Å²) in [6.45, 7) is 6.33. The summed E-state index contributed by atoms with van der Waals surface area (Å²) in [4.78, 5) is 2.21. The maximum atomic E-state index is 13.5. The SMILES string of the molecule is COC1CN(c2ccc(F)cc2CNC(C)C)CC1OC. The molecule has 2 rings (SSSR count). The van der Waals surface area contributed by atoms with Gasteiger partial charge in [0.15, 0.2) is 0 Å². The first kappa shape index (κ1) is 16.2. The van der Waals surface area contributed by atoms with E-state index in [9.17, 15) is 4.39 Å². The van der Waals surface area contributed by atoms with Crippen molar-refractivity contribution in [3.05, 3.63) is 29.6 Å². The second-order valence-electron chi connectivity index (χ2n) is 5.76. The topological polar surface area (TPSA) is 33.7 Å². The van der Waals surface area contributed by atoms with E-state index in [1.807, 2.05) is 6.07 Å². The van der Waals surface area contributed by atoms with Gasteiger partial charge in [-0.2, -0.15) is 0 Å². The Balaban J connectivity index is 2.19. The minimum atomic E-state index is -0.204. The Kier molecular flexibility index (Phi) is 5.56. The van der Waals surface area contributed by atoms with Crippen LogP contribution in [-0.4, -0.2) is 45.6 Å². The van der Waals surface area contributed by atoms with Gasteiger partial charge in [-0.25, -0.2) is 4.39 Å². The van der Waals surface area contributed by atoms with Gasteiger partial charge in [-0.05, 0) is 23.8 Å². The quantitative estimate of drug-likeness (QED) is 0.872. The summed E-state index contributed by atoms with van der Waals surface area (Å²) in [6, 6.07) is 5.32. The van der Waals surface area contributed by atoms with Crippen LogP contribution in [0.1, 0.15) is 19.4 Å². The summed E-state index contributed by atoms with van der Waals surface area (Å²) in [5, 5.41) is 3.35. The summed E-state index contributed by atoms with van der Waals surface area (Å²) >= 11 is 0. The van der Waals surface area contributed by atoms with Gasteiger partial charge in [-0.3, -0.25) is 0 Å². The number of anilines is 1. The molecule has 1 N–H and O–H groups in total. The highest BCUT2D eigenvalue weighted by Gasteiger charge is 2.33. The highest BCUT2D eigenvalue weighted by Crippen LogP contribution is 2.27. The zero-order valence-corrected chi connectivity index (χ0v) is 13.2. The van der Waals surface area contributed by atoms with E-state index < -0.39 is 0 Å². The maximum absolute atomic E-state index is 13.5. The Bertz CT molecular complexity index is 456. The molecule has 0 saturated carbocycles. The van der Waals surface area contributed by atoms with Crippen molar-refractivity contribution in [2.24, 2.45) is 0 Å². The van der Waals surface area contributed by atoms with E-state index in [-0.39, 0.29) is 18.0 Å². The van der Waals surface area contributed by atoms with E-state index in [2.05, 4.69) is 24.1 Å². The molecule has 0 radical (unpaired) electrons. The Labute approximate surface area is 126 Å². The van der Waals surface area contributed by atoms with Crippen molar-refractivity contribution in [3.63, 3.8) is 0 Å². The molecular weight excluding hydrogens is 271 g/mol. The fraction of sp³-hybridized carbons (Fsp3) is 0.625. The number of halogens is 1. The summed E-state index contributed by atoms with van der Waals surface area (Å²) in [5.74, 6) is -0.204. The number of rotatable bonds is 6. The van der Waals surface area contributed by atoms with Crippen LogP contribution in [0.5, 0.6) is 0 Å². The van der Waals surface area contributed by atoms with Crippen molar-refractivity contribution in [1.82, 2.24) is 5.32 Å². The van der Waals surface area contributed by atoms with Gasteiger partial charge < -0.3 is 19.7 Å². The van der Waals surface area contributed by atoms with Crippen LogP contribution >= 0.6 is 0 Å². The molecule has 0 aromatic heterocycles. The largest absolute Gasteiger partial charge is 0.377 e. The molecule has 1 fully saturated rings. The van der Waals surface area contributed by atoms with E-state index in [1.54, 1.807) is 20.3 Å². The fourth-order valence-electron chi connectivity index (χ4n) is 2.71. The normalized spacial score (nSPS) is 22.3. The molecule has 1 aliphatic rings. The van der Waals surface area contributed by atoms with Gasteiger partial charge in [-0.1, -0.05) is 13.8 Å². The van der Waals surface area contributed by atoms with Gasteiger partial charge in [0.05, 0.1) is 0 Å². The second kappa shape index (κ2) is 7.20. The van der Waals surface area contributed by atoms with E-state index in [0.717, 1.165) is 24.3 Å². The predicted molar refractivity (Wildman–Crippen MR) is 82.2 cm³/mol. The molecule has 118 valence electrons. The van der Waals surface area contributed by atoms with Crippen molar-refractivity contribution in [2.75, 3.05) is 32.2 Å². The van der Waals surface area contributed by atoms with Crippen LogP contribution in [0.25, 0.3) is 0 Å². The molecule has 1 aromatic carbocycles. The number of hydrogen-bond donors (Lipinski definition) is 1. The smallest absolute Gasteiger partial charge is 0.123 e. The highest BCUT2D eigenvalue weighted by atomic mass is 19.1. The van der Waals surface area contributed by atoms with Crippen LogP contribution in [0.15, 0.2) is 18.2 Å². The molecule has 1 aromatic rings. The van der Waals surface area contributed by atoms with Crippen LogP contribution in [0.2, 0.25) is 0 Å². The minimum Gasteiger partial charge on any atom is -0.377 e. The average Bonchev–Trinajstić information content (AvgIpc) is 2.88. The van der Waals surface area contributed by atoms with Crippen LogP contribution < -0.4 is 10.2 Å². The van der Waals surface area contributed by atoms with Crippen molar-refractivity contribution in [1.29, 1.82) is 0 Å². The lowest BCUT2D eigenvalue weighted by Gasteiger charge is -2.22. The number of methoxy groups -OCH3 is 2.